The monoisotopic (exact) mass is 254 g/mol. The molecular formula is C15H14N2O2. The number of benzene rings is 2. The lowest BCUT2D eigenvalue weighted by Gasteiger charge is -2.24. The van der Waals surface area contributed by atoms with Gasteiger partial charge in [-0.15, -0.1) is 0 Å². The summed E-state index contributed by atoms with van der Waals surface area (Å²) in [4.78, 5) is 22.5. The number of fused-ring (bicyclic) bond motifs is 1. The number of piperazine rings is 1. The Morgan fingerprint density at radius 1 is 1.00 bits per heavy atom. The SMILES string of the molecule is Cc1ccc2cc(C3CNC(=O)C(=O)N3)ccc2c1. The van der Waals surface area contributed by atoms with Gasteiger partial charge in [0, 0.05) is 6.54 Å². The molecule has 0 aromatic heterocycles. The minimum absolute atomic E-state index is 0.157. The maximum atomic E-state index is 11.4. The van der Waals surface area contributed by atoms with Crippen LogP contribution in [0.4, 0.5) is 0 Å². The molecule has 1 heterocycles. The van der Waals surface area contributed by atoms with Crippen LogP contribution in [0.25, 0.3) is 10.8 Å². The molecule has 1 atom stereocenters. The van der Waals surface area contributed by atoms with Gasteiger partial charge in [0.05, 0.1) is 6.04 Å². The van der Waals surface area contributed by atoms with Crippen molar-refractivity contribution in [2.24, 2.45) is 0 Å². The molecule has 0 radical (unpaired) electrons. The summed E-state index contributed by atoms with van der Waals surface area (Å²) in [7, 11) is 0. The lowest BCUT2D eigenvalue weighted by Crippen LogP contribution is -2.51. The van der Waals surface area contributed by atoms with Crippen LogP contribution < -0.4 is 10.6 Å². The van der Waals surface area contributed by atoms with Gasteiger partial charge in [0.1, 0.15) is 0 Å². The van der Waals surface area contributed by atoms with E-state index in [1.54, 1.807) is 0 Å². The lowest BCUT2D eigenvalue weighted by molar-refractivity contribution is -0.141. The van der Waals surface area contributed by atoms with Crippen LogP contribution in [0.1, 0.15) is 17.2 Å². The topological polar surface area (TPSA) is 58.2 Å². The highest BCUT2D eigenvalue weighted by Crippen LogP contribution is 2.22. The van der Waals surface area contributed by atoms with E-state index in [0.29, 0.717) is 6.54 Å². The Kier molecular flexibility index (Phi) is 2.71. The highest BCUT2D eigenvalue weighted by atomic mass is 16.2. The van der Waals surface area contributed by atoms with Crippen LogP contribution in [0.5, 0.6) is 0 Å². The second-order valence-corrected chi connectivity index (χ2v) is 4.85. The van der Waals surface area contributed by atoms with Crippen molar-refractivity contribution >= 4 is 22.6 Å². The fraction of sp³-hybridized carbons (Fsp3) is 0.200. The Labute approximate surface area is 110 Å². The van der Waals surface area contributed by atoms with Crippen molar-refractivity contribution in [2.75, 3.05) is 6.54 Å². The van der Waals surface area contributed by atoms with E-state index in [-0.39, 0.29) is 6.04 Å². The molecule has 19 heavy (non-hydrogen) atoms. The second kappa shape index (κ2) is 4.39. The summed E-state index contributed by atoms with van der Waals surface area (Å²) >= 11 is 0. The van der Waals surface area contributed by atoms with Gasteiger partial charge >= 0.3 is 11.8 Å². The second-order valence-electron chi connectivity index (χ2n) is 4.85. The van der Waals surface area contributed by atoms with E-state index in [9.17, 15) is 9.59 Å². The van der Waals surface area contributed by atoms with Crippen LogP contribution in [-0.4, -0.2) is 18.4 Å². The predicted molar refractivity (Wildman–Crippen MR) is 72.6 cm³/mol. The Bertz CT molecular complexity index is 679. The summed E-state index contributed by atoms with van der Waals surface area (Å²) in [5.41, 5.74) is 2.23. The van der Waals surface area contributed by atoms with E-state index in [1.807, 2.05) is 12.1 Å². The molecule has 1 saturated heterocycles. The smallest absolute Gasteiger partial charge is 0.309 e. The molecule has 2 aromatic carbocycles. The maximum Gasteiger partial charge on any atom is 0.309 e. The van der Waals surface area contributed by atoms with Gasteiger partial charge in [-0.3, -0.25) is 9.59 Å². The molecule has 1 aliphatic rings. The first-order valence-electron chi connectivity index (χ1n) is 6.22. The first-order chi connectivity index (χ1) is 9.13. The van der Waals surface area contributed by atoms with Crippen LogP contribution in [-0.2, 0) is 9.59 Å². The van der Waals surface area contributed by atoms with Gasteiger partial charge in [-0.1, -0.05) is 35.9 Å². The van der Waals surface area contributed by atoms with Crippen LogP contribution >= 0.6 is 0 Å². The van der Waals surface area contributed by atoms with Gasteiger partial charge in [-0.25, -0.2) is 0 Å². The number of amides is 2. The van der Waals surface area contributed by atoms with Crippen molar-refractivity contribution in [2.45, 2.75) is 13.0 Å². The number of hydrogen-bond acceptors (Lipinski definition) is 2. The summed E-state index contributed by atoms with van der Waals surface area (Å²) in [6.45, 7) is 2.49. The van der Waals surface area contributed by atoms with E-state index in [1.165, 1.54) is 10.9 Å². The number of rotatable bonds is 1. The summed E-state index contributed by atoms with van der Waals surface area (Å²) in [6, 6.07) is 12.2. The maximum absolute atomic E-state index is 11.4. The van der Waals surface area contributed by atoms with Crippen LogP contribution in [0.15, 0.2) is 36.4 Å². The van der Waals surface area contributed by atoms with Crippen LogP contribution in [0.3, 0.4) is 0 Å². The fourth-order valence-corrected chi connectivity index (χ4v) is 2.35. The van der Waals surface area contributed by atoms with Crippen LogP contribution in [0.2, 0.25) is 0 Å². The third kappa shape index (κ3) is 2.17. The van der Waals surface area contributed by atoms with Gasteiger partial charge in [0.2, 0.25) is 0 Å². The molecule has 0 aliphatic carbocycles. The molecule has 1 aliphatic heterocycles. The molecule has 3 rings (SSSR count). The van der Waals surface area contributed by atoms with Crippen molar-refractivity contribution in [3.05, 3.63) is 47.5 Å². The number of carbonyl (C=O) groups excluding carboxylic acids is 2. The molecule has 4 nitrogen and oxygen atoms in total. The Hall–Kier alpha value is -2.36. The van der Waals surface area contributed by atoms with E-state index >= 15 is 0 Å². The summed E-state index contributed by atoms with van der Waals surface area (Å²) in [5, 5.41) is 7.60. The number of carbonyl (C=O) groups is 2. The molecule has 2 N–H and O–H groups in total. The Balaban J connectivity index is 1.95. The zero-order valence-corrected chi connectivity index (χ0v) is 10.6. The van der Waals surface area contributed by atoms with Gasteiger partial charge in [0.15, 0.2) is 0 Å². The standard InChI is InChI=1S/C15H14N2O2/c1-9-2-3-11-7-12(5-4-10(11)6-9)13-8-16-14(18)15(19)17-13/h2-7,13H,8H2,1H3,(H,16,18)(H,17,19). The van der Waals surface area contributed by atoms with Gasteiger partial charge < -0.3 is 10.6 Å². The molecule has 0 spiro atoms. The molecule has 4 heteroatoms. The average molecular weight is 254 g/mol. The Morgan fingerprint density at radius 3 is 2.53 bits per heavy atom. The minimum Gasteiger partial charge on any atom is -0.345 e. The minimum atomic E-state index is -0.569. The summed E-state index contributed by atoms with van der Waals surface area (Å²) in [6.07, 6.45) is 0. The molecule has 0 saturated carbocycles. The van der Waals surface area contributed by atoms with E-state index in [0.717, 1.165) is 10.9 Å². The predicted octanol–water partition coefficient (Wildman–Crippen LogP) is 1.44. The third-order valence-corrected chi connectivity index (χ3v) is 3.40. The average Bonchev–Trinajstić information content (AvgIpc) is 2.41. The molecule has 1 unspecified atom stereocenters. The van der Waals surface area contributed by atoms with Crippen molar-refractivity contribution in [3.63, 3.8) is 0 Å². The summed E-state index contributed by atoms with van der Waals surface area (Å²) < 4.78 is 0. The van der Waals surface area contributed by atoms with Crippen molar-refractivity contribution in [3.8, 4) is 0 Å². The van der Waals surface area contributed by atoms with Crippen LogP contribution in [0, 0.1) is 6.92 Å². The molecule has 2 aromatic rings. The third-order valence-electron chi connectivity index (χ3n) is 3.40. The highest BCUT2D eigenvalue weighted by Gasteiger charge is 2.25. The normalized spacial score (nSPS) is 19.1. The first-order valence-corrected chi connectivity index (χ1v) is 6.22. The molecule has 96 valence electrons. The highest BCUT2D eigenvalue weighted by molar-refractivity contribution is 6.35. The molecule has 1 fully saturated rings. The van der Waals surface area contributed by atoms with Crippen molar-refractivity contribution in [1.82, 2.24) is 10.6 Å². The van der Waals surface area contributed by atoms with Crippen molar-refractivity contribution < 1.29 is 9.59 Å². The van der Waals surface area contributed by atoms with Gasteiger partial charge in [-0.2, -0.15) is 0 Å². The Morgan fingerprint density at radius 2 is 1.74 bits per heavy atom. The zero-order valence-electron chi connectivity index (χ0n) is 10.6. The lowest BCUT2D eigenvalue weighted by atomic mass is 9.99. The zero-order chi connectivity index (χ0) is 13.4. The van der Waals surface area contributed by atoms with Crippen molar-refractivity contribution in [1.29, 1.82) is 0 Å². The van der Waals surface area contributed by atoms with E-state index in [4.69, 9.17) is 0 Å². The number of nitrogens with one attached hydrogen (secondary N) is 2. The van der Waals surface area contributed by atoms with E-state index < -0.39 is 11.8 Å². The molecular weight excluding hydrogens is 240 g/mol. The largest absolute Gasteiger partial charge is 0.345 e. The van der Waals surface area contributed by atoms with Gasteiger partial charge in [0.25, 0.3) is 0 Å². The first kappa shape index (κ1) is 11.7. The molecule has 2 amide bonds. The van der Waals surface area contributed by atoms with E-state index in [2.05, 4.69) is 41.8 Å². The number of hydrogen-bond donors (Lipinski definition) is 2. The summed E-state index contributed by atoms with van der Waals surface area (Å²) in [5.74, 6) is -1.13. The quantitative estimate of drug-likeness (QED) is 0.756. The molecule has 0 bridgehead atoms. The fourth-order valence-electron chi connectivity index (χ4n) is 2.35. The number of aryl methyl sites for hydroxylation is 1. The van der Waals surface area contributed by atoms with Gasteiger partial charge in [-0.05, 0) is 29.3 Å².